The molecular formula is C14H22FNO2. The number of ether oxygens (including phenoxy) is 2. The lowest BCUT2D eigenvalue weighted by atomic mass is 9.93. The molecule has 0 aliphatic heterocycles. The molecular weight excluding hydrogens is 233 g/mol. The van der Waals surface area contributed by atoms with Crippen LogP contribution in [-0.4, -0.2) is 20.8 Å². The highest BCUT2D eigenvalue weighted by molar-refractivity contribution is 5.48. The Morgan fingerprint density at radius 3 is 2.11 bits per heavy atom. The maximum atomic E-state index is 13.6. The van der Waals surface area contributed by atoms with E-state index in [1.165, 1.54) is 14.0 Å². The van der Waals surface area contributed by atoms with Crippen molar-refractivity contribution in [1.82, 2.24) is 0 Å². The van der Waals surface area contributed by atoms with Crippen molar-refractivity contribution in [3.05, 3.63) is 23.3 Å². The van der Waals surface area contributed by atoms with Gasteiger partial charge in [-0.2, -0.15) is 0 Å². The van der Waals surface area contributed by atoms with Gasteiger partial charge < -0.3 is 15.2 Å². The molecule has 102 valence electrons. The lowest BCUT2D eigenvalue weighted by Crippen LogP contribution is -2.07. The van der Waals surface area contributed by atoms with Gasteiger partial charge in [0.1, 0.15) is 17.7 Å². The Kier molecular flexibility index (Phi) is 5.41. The van der Waals surface area contributed by atoms with Gasteiger partial charge in [-0.15, -0.1) is 0 Å². The minimum Gasteiger partial charge on any atom is -0.496 e. The summed E-state index contributed by atoms with van der Waals surface area (Å²) in [4.78, 5) is 0. The Bertz CT molecular complexity index is 394. The first-order chi connectivity index (χ1) is 8.54. The van der Waals surface area contributed by atoms with Crippen molar-refractivity contribution in [1.29, 1.82) is 0 Å². The number of nitrogens with two attached hydrogens (primary N) is 1. The van der Waals surface area contributed by atoms with Crippen molar-refractivity contribution in [2.24, 2.45) is 5.73 Å². The fourth-order valence-electron chi connectivity index (χ4n) is 2.05. The quantitative estimate of drug-likeness (QED) is 0.849. The summed E-state index contributed by atoms with van der Waals surface area (Å²) in [7, 11) is 3.13. The van der Waals surface area contributed by atoms with E-state index in [9.17, 15) is 4.39 Å². The molecule has 0 aliphatic carbocycles. The van der Waals surface area contributed by atoms with Crippen LogP contribution in [0.15, 0.2) is 12.1 Å². The number of hydrogen-bond acceptors (Lipinski definition) is 3. The number of benzene rings is 1. The van der Waals surface area contributed by atoms with Crippen LogP contribution in [-0.2, 0) is 0 Å². The Hall–Kier alpha value is -1.29. The summed E-state index contributed by atoms with van der Waals surface area (Å²) >= 11 is 0. The van der Waals surface area contributed by atoms with E-state index in [0.29, 0.717) is 17.9 Å². The zero-order chi connectivity index (χ0) is 13.7. The van der Waals surface area contributed by atoms with Gasteiger partial charge in [0.25, 0.3) is 0 Å². The van der Waals surface area contributed by atoms with Crippen molar-refractivity contribution in [2.75, 3.05) is 20.8 Å². The highest BCUT2D eigenvalue weighted by Gasteiger charge is 2.18. The average molecular weight is 255 g/mol. The van der Waals surface area contributed by atoms with Gasteiger partial charge in [-0.25, -0.2) is 4.39 Å². The van der Waals surface area contributed by atoms with E-state index in [2.05, 4.69) is 6.92 Å². The Morgan fingerprint density at radius 1 is 1.11 bits per heavy atom. The smallest absolute Gasteiger partial charge is 0.128 e. The molecule has 0 aromatic heterocycles. The van der Waals surface area contributed by atoms with Crippen LogP contribution in [0.1, 0.15) is 43.5 Å². The van der Waals surface area contributed by atoms with E-state index < -0.39 is 6.17 Å². The number of halogens is 1. The van der Waals surface area contributed by atoms with Crippen LogP contribution in [0, 0.1) is 0 Å². The molecule has 0 bridgehead atoms. The molecule has 2 atom stereocenters. The topological polar surface area (TPSA) is 44.5 Å². The number of methoxy groups -OCH3 is 2. The van der Waals surface area contributed by atoms with Crippen LogP contribution >= 0.6 is 0 Å². The monoisotopic (exact) mass is 255 g/mol. The zero-order valence-corrected chi connectivity index (χ0v) is 11.5. The summed E-state index contributed by atoms with van der Waals surface area (Å²) in [6.45, 7) is 4.16. The molecule has 0 spiro atoms. The molecule has 0 amide bonds. The fourth-order valence-corrected chi connectivity index (χ4v) is 2.05. The van der Waals surface area contributed by atoms with E-state index in [1.54, 1.807) is 13.2 Å². The van der Waals surface area contributed by atoms with Crippen LogP contribution in [0.2, 0.25) is 0 Å². The lowest BCUT2D eigenvalue weighted by Gasteiger charge is -2.19. The van der Waals surface area contributed by atoms with E-state index in [0.717, 1.165) is 17.7 Å². The molecule has 3 nitrogen and oxygen atoms in total. The fraction of sp³-hybridized carbons (Fsp3) is 0.571. The molecule has 1 rings (SSSR count). The van der Waals surface area contributed by atoms with Crippen LogP contribution in [0.3, 0.4) is 0 Å². The van der Waals surface area contributed by atoms with Gasteiger partial charge in [-0.05, 0) is 37.4 Å². The van der Waals surface area contributed by atoms with Gasteiger partial charge in [0, 0.05) is 11.6 Å². The number of alkyl halides is 1. The van der Waals surface area contributed by atoms with E-state index >= 15 is 0 Å². The SMILES string of the molecule is COc1cc(OC)c(C(C)CCN)cc1C(C)F. The third-order valence-electron chi connectivity index (χ3n) is 3.14. The molecule has 0 fully saturated rings. The number of rotatable bonds is 6. The Balaban J connectivity index is 3.27. The average Bonchev–Trinajstić information content (AvgIpc) is 2.37. The third kappa shape index (κ3) is 3.13. The summed E-state index contributed by atoms with van der Waals surface area (Å²) in [6, 6.07) is 3.57. The standard InChI is InChI=1S/C14H22FNO2/c1-9(5-6-16)11-7-12(10(2)15)14(18-4)8-13(11)17-3/h7-10H,5-6,16H2,1-4H3. The van der Waals surface area contributed by atoms with Gasteiger partial charge in [0.05, 0.1) is 14.2 Å². The highest BCUT2D eigenvalue weighted by Crippen LogP contribution is 2.38. The Morgan fingerprint density at radius 2 is 1.67 bits per heavy atom. The predicted octanol–water partition coefficient (Wildman–Crippen LogP) is 3.19. The van der Waals surface area contributed by atoms with Crippen LogP contribution in [0.25, 0.3) is 0 Å². The predicted molar refractivity (Wildman–Crippen MR) is 71.2 cm³/mol. The molecule has 1 aromatic carbocycles. The van der Waals surface area contributed by atoms with Crippen LogP contribution in [0.4, 0.5) is 4.39 Å². The summed E-state index contributed by atoms with van der Waals surface area (Å²) in [6.07, 6.45) is -0.238. The molecule has 0 saturated heterocycles. The third-order valence-corrected chi connectivity index (χ3v) is 3.14. The van der Waals surface area contributed by atoms with Crippen molar-refractivity contribution < 1.29 is 13.9 Å². The largest absolute Gasteiger partial charge is 0.496 e. The first kappa shape index (κ1) is 14.8. The maximum Gasteiger partial charge on any atom is 0.128 e. The van der Waals surface area contributed by atoms with Gasteiger partial charge in [0.2, 0.25) is 0 Å². The van der Waals surface area contributed by atoms with Crippen molar-refractivity contribution in [3.63, 3.8) is 0 Å². The van der Waals surface area contributed by atoms with Crippen molar-refractivity contribution in [2.45, 2.75) is 32.4 Å². The van der Waals surface area contributed by atoms with Gasteiger partial charge in [0.15, 0.2) is 0 Å². The van der Waals surface area contributed by atoms with E-state index in [1.807, 2.05) is 6.07 Å². The minimum atomic E-state index is -1.07. The molecule has 0 saturated carbocycles. The molecule has 1 aromatic rings. The van der Waals surface area contributed by atoms with Gasteiger partial charge >= 0.3 is 0 Å². The summed E-state index contributed by atoms with van der Waals surface area (Å²) in [5.41, 5.74) is 7.10. The second-order valence-corrected chi connectivity index (χ2v) is 4.43. The van der Waals surface area contributed by atoms with Crippen LogP contribution in [0.5, 0.6) is 11.5 Å². The second-order valence-electron chi connectivity index (χ2n) is 4.43. The zero-order valence-electron chi connectivity index (χ0n) is 11.5. The molecule has 0 heterocycles. The van der Waals surface area contributed by atoms with Crippen molar-refractivity contribution in [3.8, 4) is 11.5 Å². The highest BCUT2D eigenvalue weighted by atomic mass is 19.1. The maximum absolute atomic E-state index is 13.6. The lowest BCUT2D eigenvalue weighted by molar-refractivity contribution is 0.341. The second kappa shape index (κ2) is 6.59. The number of hydrogen-bond donors (Lipinski definition) is 1. The molecule has 2 N–H and O–H groups in total. The minimum absolute atomic E-state index is 0.230. The normalized spacial score (nSPS) is 14.1. The van der Waals surface area contributed by atoms with Crippen molar-refractivity contribution >= 4 is 0 Å². The summed E-state index contributed by atoms with van der Waals surface area (Å²) < 4.78 is 24.1. The first-order valence-electron chi connectivity index (χ1n) is 6.15. The molecule has 4 heteroatoms. The van der Waals surface area contributed by atoms with Gasteiger partial charge in [-0.1, -0.05) is 6.92 Å². The summed E-state index contributed by atoms with van der Waals surface area (Å²) in [5, 5.41) is 0. The van der Waals surface area contributed by atoms with E-state index in [-0.39, 0.29) is 5.92 Å². The Labute approximate surface area is 108 Å². The molecule has 2 unspecified atom stereocenters. The first-order valence-corrected chi connectivity index (χ1v) is 6.15. The summed E-state index contributed by atoms with van der Waals surface area (Å²) in [5.74, 6) is 1.47. The molecule has 0 radical (unpaired) electrons. The van der Waals surface area contributed by atoms with E-state index in [4.69, 9.17) is 15.2 Å². The van der Waals surface area contributed by atoms with Gasteiger partial charge in [-0.3, -0.25) is 0 Å². The molecule has 18 heavy (non-hydrogen) atoms. The molecule has 0 aliphatic rings. The van der Waals surface area contributed by atoms with Crippen LogP contribution < -0.4 is 15.2 Å².